The van der Waals surface area contributed by atoms with Crippen LogP contribution in [-0.4, -0.2) is 20.6 Å². The van der Waals surface area contributed by atoms with Crippen LogP contribution in [0.15, 0.2) is 53.8 Å². The van der Waals surface area contributed by atoms with Crippen molar-refractivity contribution in [3.8, 4) is 5.82 Å². The van der Waals surface area contributed by atoms with Crippen molar-refractivity contribution in [2.75, 3.05) is 0 Å². The summed E-state index contributed by atoms with van der Waals surface area (Å²) in [6.45, 7) is 3.45. The molecule has 2 aromatic heterocycles. The minimum Gasteiger partial charge on any atom is -0.389 e. The monoisotopic (exact) mass is 389 g/mol. The number of nitrogens with zero attached hydrogens (tertiary/aromatic N) is 4. The van der Waals surface area contributed by atoms with Gasteiger partial charge in [0.2, 0.25) is 0 Å². The Hall–Kier alpha value is -3.36. The van der Waals surface area contributed by atoms with E-state index >= 15 is 0 Å². The number of alkyl halides is 3. The number of rotatable bonds is 5. The predicted octanol–water partition coefficient (Wildman–Crippen LogP) is 3.74. The number of aromatic nitrogens is 3. The van der Waals surface area contributed by atoms with Gasteiger partial charge in [-0.3, -0.25) is 0 Å². The normalized spacial score (nSPS) is 12.2. The Morgan fingerprint density at radius 1 is 1.18 bits per heavy atom. The van der Waals surface area contributed by atoms with Crippen LogP contribution in [0.1, 0.15) is 28.1 Å². The number of hydrogen-bond acceptors (Lipinski definition) is 4. The molecule has 0 fully saturated rings. The van der Waals surface area contributed by atoms with E-state index in [-0.39, 0.29) is 18.0 Å². The standard InChI is InChI=1S/C19H18F3N5O/c1-12-9-13(2)27(25-12)17-8-7-14(10-24-17)18(23)26-28-11-15-5-3-4-6-16(15)19(20,21)22/h3-10H,11H2,1-2H3,(H2,23,26). The van der Waals surface area contributed by atoms with Crippen molar-refractivity contribution in [3.05, 3.63) is 76.7 Å². The van der Waals surface area contributed by atoms with E-state index in [1.807, 2.05) is 19.9 Å². The zero-order chi connectivity index (χ0) is 20.3. The van der Waals surface area contributed by atoms with Gasteiger partial charge in [-0.2, -0.15) is 18.3 Å². The lowest BCUT2D eigenvalue weighted by atomic mass is 10.1. The van der Waals surface area contributed by atoms with Crippen LogP contribution in [0.4, 0.5) is 13.2 Å². The van der Waals surface area contributed by atoms with Gasteiger partial charge < -0.3 is 10.6 Å². The largest absolute Gasteiger partial charge is 0.416 e. The number of pyridine rings is 1. The van der Waals surface area contributed by atoms with Gasteiger partial charge in [0.25, 0.3) is 0 Å². The Morgan fingerprint density at radius 3 is 2.54 bits per heavy atom. The molecule has 2 heterocycles. The molecule has 0 radical (unpaired) electrons. The quantitative estimate of drug-likeness (QED) is 0.410. The first-order chi connectivity index (χ1) is 13.3. The number of nitrogens with two attached hydrogens (primary N) is 1. The first-order valence-electron chi connectivity index (χ1n) is 8.36. The van der Waals surface area contributed by atoms with E-state index in [1.165, 1.54) is 24.4 Å². The molecule has 0 bridgehead atoms. The number of hydrogen-bond donors (Lipinski definition) is 1. The van der Waals surface area contributed by atoms with Crippen molar-refractivity contribution in [1.82, 2.24) is 14.8 Å². The second-order valence-electron chi connectivity index (χ2n) is 6.15. The molecule has 6 nitrogen and oxygen atoms in total. The Bertz CT molecular complexity index is 994. The van der Waals surface area contributed by atoms with Crippen LogP contribution in [0.5, 0.6) is 0 Å². The van der Waals surface area contributed by atoms with Gasteiger partial charge in [-0.25, -0.2) is 9.67 Å². The molecule has 3 rings (SSSR count). The maximum Gasteiger partial charge on any atom is 0.416 e. The predicted molar refractivity (Wildman–Crippen MR) is 97.8 cm³/mol. The van der Waals surface area contributed by atoms with Gasteiger partial charge in [0, 0.05) is 23.0 Å². The van der Waals surface area contributed by atoms with Crippen LogP contribution < -0.4 is 5.73 Å². The van der Waals surface area contributed by atoms with E-state index in [4.69, 9.17) is 10.6 Å². The van der Waals surface area contributed by atoms with E-state index in [0.29, 0.717) is 11.4 Å². The highest BCUT2D eigenvalue weighted by molar-refractivity contribution is 5.96. The molecular formula is C19H18F3N5O. The molecule has 3 aromatic rings. The summed E-state index contributed by atoms with van der Waals surface area (Å²) in [6.07, 6.45) is -2.96. The molecule has 9 heteroatoms. The van der Waals surface area contributed by atoms with Gasteiger partial charge in [-0.1, -0.05) is 23.4 Å². The van der Waals surface area contributed by atoms with Gasteiger partial charge in [0.05, 0.1) is 11.3 Å². The average molecular weight is 389 g/mol. The van der Waals surface area contributed by atoms with Gasteiger partial charge >= 0.3 is 6.18 Å². The molecule has 146 valence electrons. The number of oxime groups is 1. The zero-order valence-corrected chi connectivity index (χ0v) is 15.2. The molecule has 0 aliphatic carbocycles. The van der Waals surface area contributed by atoms with Gasteiger partial charge in [-0.15, -0.1) is 0 Å². The van der Waals surface area contributed by atoms with Crippen molar-refractivity contribution in [2.24, 2.45) is 10.9 Å². The third-order valence-electron chi connectivity index (χ3n) is 3.98. The fraction of sp³-hybridized carbons (Fsp3) is 0.211. The summed E-state index contributed by atoms with van der Waals surface area (Å²) in [5, 5.41) is 8.04. The summed E-state index contributed by atoms with van der Waals surface area (Å²) in [6, 6.07) is 10.5. The van der Waals surface area contributed by atoms with E-state index in [1.54, 1.807) is 16.8 Å². The summed E-state index contributed by atoms with van der Waals surface area (Å²) in [4.78, 5) is 9.32. The Labute approximate surface area is 159 Å². The minimum atomic E-state index is -4.46. The number of amidine groups is 1. The maximum atomic E-state index is 13.0. The second-order valence-corrected chi connectivity index (χ2v) is 6.15. The highest BCUT2D eigenvalue weighted by Gasteiger charge is 2.33. The smallest absolute Gasteiger partial charge is 0.389 e. The van der Waals surface area contributed by atoms with Crippen LogP contribution in [0.2, 0.25) is 0 Å². The molecule has 0 aliphatic rings. The molecule has 0 aliphatic heterocycles. The molecule has 0 amide bonds. The lowest BCUT2D eigenvalue weighted by Crippen LogP contribution is -2.15. The molecule has 28 heavy (non-hydrogen) atoms. The Kier molecular flexibility index (Phi) is 5.34. The fourth-order valence-corrected chi connectivity index (χ4v) is 2.67. The van der Waals surface area contributed by atoms with Crippen molar-refractivity contribution in [3.63, 3.8) is 0 Å². The molecule has 0 unspecified atom stereocenters. The highest BCUT2D eigenvalue weighted by Crippen LogP contribution is 2.32. The summed E-state index contributed by atoms with van der Waals surface area (Å²) < 4.78 is 40.6. The van der Waals surface area contributed by atoms with E-state index in [9.17, 15) is 13.2 Å². The first-order valence-corrected chi connectivity index (χ1v) is 8.36. The highest BCUT2D eigenvalue weighted by atomic mass is 19.4. The van der Waals surface area contributed by atoms with Crippen LogP contribution in [0.25, 0.3) is 5.82 Å². The van der Waals surface area contributed by atoms with Crippen LogP contribution in [0, 0.1) is 13.8 Å². The van der Waals surface area contributed by atoms with Crippen molar-refractivity contribution in [2.45, 2.75) is 26.6 Å². The topological polar surface area (TPSA) is 78.3 Å². The molecule has 2 N–H and O–H groups in total. The Balaban J connectivity index is 1.70. The van der Waals surface area contributed by atoms with E-state index in [0.717, 1.165) is 17.5 Å². The summed E-state index contributed by atoms with van der Waals surface area (Å²) in [5.74, 6) is 0.624. The molecular weight excluding hydrogens is 371 g/mol. The van der Waals surface area contributed by atoms with Crippen molar-refractivity contribution < 1.29 is 18.0 Å². The van der Waals surface area contributed by atoms with Crippen LogP contribution in [0.3, 0.4) is 0 Å². The van der Waals surface area contributed by atoms with Gasteiger partial charge in [0.1, 0.15) is 6.61 Å². The third kappa shape index (κ3) is 4.30. The van der Waals surface area contributed by atoms with Gasteiger partial charge in [0.15, 0.2) is 11.7 Å². The SMILES string of the molecule is Cc1cc(C)n(-c2ccc(/C(N)=N\OCc3ccccc3C(F)(F)F)cn2)n1. The number of benzene rings is 1. The van der Waals surface area contributed by atoms with Crippen LogP contribution in [-0.2, 0) is 17.6 Å². The summed E-state index contributed by atoms with van der Waals surface area (Å²) >= 11 is 0. The number of halogens is 3. The summed E-state index contributed by atoms with van der Waals surface area (Å²) in [7, 11) is 0. The molecule has 0 atom stereocenters. The molecule has 1 aromatic carbocycles. The van der Waals surface area contributed by atoms with Crippen molar-refractivity contribution >= 4 is 5.84 Å². The zero-order valence-electron chi connectivity index (χ0n) is 15.2. The maximum absolute atomic E-state index is 13.0. The lowest BCUT2D eigenvalue weighted by Gasteiger charge is -2.11. The van der Waals surface area contributed by atoms with E-state index in [2.05, 4.69) is 15.2 Å². The second kappa shape index (κ2) is 7.71. The third-order valence-corrected chi connectivity index (χ3v) is 3.98. The van der Waals surface area contributed by atoms with Crippen molar-refractivity contribution in [1.29, 1.82) is 0 Å². The number of aryl methyl sites for hydroxylation is 2. The van der Waals surface area contributed by atoms with Crippen LogP contribution >= 0.6 is 0 Å². The molecule has 0 spiro atoms. The van der Waals surface area contributed by atoms with E-state index < -0.39 is 11.7 Å². The Morgan fingerprint density at radius 2 is 1.93 bits per heavy atom. The lowest BCUT2D eigenvalue weighted by molar-refractivity contribution is -0.138. The molecule has 0 saturated heterocycles. The summed E-state index contributed by atoms with van der Waals surface area (Å²) in [5.41, 5.74) is 7.35. The van der Waals surface area contributed by atoms with Gasteiger partial charge in [-0.05, 0) is 38.1 Å². The molecule has 0 saturated carbocycles. The fourth-order valence-electron chi connectivity index (χ4n) is 2.67. The first kappa shape index (κ1) is 19.4. The minimum absolute atomic E-state index is 0.0110. The average Bonchev–Trinajstić information content (AvgIpc) is 2.99.